The molecule has 1 aromatic rings. The van der Waals surface area contributed by atoms with Crippen molar-refractivity contribution in [3.63, 3.8) is 0 Å². The molecule has 0 spiro atoms. The van der Waals surface area contributed by atoms with Crippen molar-refractivity contribution < 1.29 is 28.3 Å². The number of methoxy groups -OCH3 is 1. The van der Waals surface area contributed by atoms with Crippen LogP contribution in [0, 0.1) is 11.7 Å². The number of hydrogen-bond donors (Lipinski definition) is 1. The van der Waals surface area contributed by atoms with Gasteiger partial charge in [-0.3, -0.25) is 19.3 Å². The molecule has 9 heteroatoms. The van der Waals surface area contributed by atoms with Crippen LogP contribution >= 0.6 is 0 Å². The molecule has 3 rings (SSSR count). The fourth-order valence-electron chi connectivity index (χ4n) is 3.69. The molecule has 0 aromatic heterocycles. The zero-order valence-electron chi connectivity index (χ0n) is 16.2. The molecule has 1 atom stereocenters. The van der Waals surface area contributed by atoms with Gasteiger partial charge in [0.15, 0.2) is 0 Å². The molecule has 0 aliphatic carbocycles. The van der Waals surface area contributed by atoms with Gasteiger partial charge in [0, 0.05) is 19.5 Å². The Kier molecular flexibility index (Phi) is 6.46. The van der Waals surface area contributed by atoms with Crippen LogP contribution in [0.2, 0.25) is 0 Å². The lowest BCUT2D eigenvalue weighted by molar-refractivity contribution is -0.142. The minimum absolute atomic E-state index is 0.0496. The first-order chi connectivity index (χ1) is 13.9. The summed E-state index contributed by atoms with van der Waals surface area (Å²) in [5, 5.41) is 2.54. The summed E-state index contributed by atoms with van der Waals surface area (Å²) in [6.07, 6.45) is 1.60. The number of likely N-dealkylation sites (tertiary alicyclic amines) is 1. The Morgan fingerprint density at radius 3 is 2.59 bits per heavy atom. The summed E-state index contributed by atoms with van der Waals surface area (Å²) >= 11 is 0. The quantitative estimate of drug-likeness (QED) is 0.571. The van der Waals surface area contributed by atoms with E-state index in [9.17, 15) is 23.6 Å². The second-order valence-corrected chi connectivity index (χ2v) is 7.36. The van der Waals surface area contributed by atoms with Crippen molar-refractivity contribution >= 4 is 23.8 Å². The number of nitrogens with one attached hydrogen (secondary N) is 1. The smallest absolute Gasteiger partial charge is 0.325 e. The second-order valence-electron chi connectivity index (χ2n) is 7.36. The number of esters is 1. The number of carbonyl (C=O) groups is 4. The Labute approximate surface area is 168 Å². The number of piperidine rings is 1. The van der Waals surface area contributed by atoms with E-state index in [2.05, 4.69) is 10.1 Å². The van der Waals surface area contributed by atoms with E-state index in [0.717, 1.165) is 4.90 Å². The van der Waals surface area contributed by atoms with Crippen LogP contribution in [0.1, 0.15) is 31.2 Å². The van der Waals surface area contributed by atoms with Gasteiger partial charge in [-0.05, 0) is 36.5 Å². The van der Waals surface area contributed by atoms with Crippen LogP contribution in [0.5, 0.6) is 0 Å². The minimum atomic E-state index is -0.920. The molecule has 29 heavy (non-hydrogen) atoms. The van der Waals surface area contributed by atoms with Gasteiger partial charge >= 0.3 is 12.0 Å². The van der Waals surface area contributed by atoms with Crippen LogP contribution in [0.15, 0.2) is 24.3 Å². The van der Waals surface area contributed by atoms with Crippen molar-refractivity contribution in [2.75, 3.05) is 20.2 Å². The van der Waals surface area contributed by atoms with E-state index >= 15 is 0 Å². The third kappa shape index (κ3) is 5.10. The molecule has 8 nitrogen and oxygen atoms in total. The maximum Gasteiger partial charge on any atom is 0.325 e. The third-order valence-electron chi connectivity index (χ3n) is 5.37. The Balaban J connectivity index is 1.51. The van der Waals surface area contributed by atoms with E-state index in [1.165, 1.54) is 25.3 Å². The van der Waals surface area contributed by atoms with E-state index in [4.69, 9.17) is 0 Å². The first-order valence-electron chi connectivity index (χ1n) is 9.58. The van der Waals surface area contributed by atoms with Gasteiger partial charge in [-0.2, -0.15) is 0 Å². The summed E-state index contributed by atoms with van der Waals surface area (Å²) in [5.74, 6) is -1.23. The predicted molar refractivity (Wildman–Crippen MR) is 99.8 cm³/mol. The van der Waals surface area contributed by atoms with Crippen LogP contribution < -0.4 is 5.32 Å². The normalized spacial score (nSPS) is 20.0. The standard InChI is InChI=1S/C20H24FN3O5/c1-29-18(26)10-13-5-7-23(8-6-13)17(25)11-16-19(27)24(20(28)22-16)12-14-3-2-4-15(21)9-14/h2-4,9,13,16H,5-8,10-12H2,1H3,(H,22,28). The Morgan fingerprint density at radius 1 is 1.21 bits per heavy atom. The highest BCUT2D eigenvalue weighted by molar-refractivity contribution is 6.05. The number of amides is 4. The van der Waals surface area contributed by atoms with Gasteiger partial charge in [-0.25, -0.2) is 9.18 Å². The lowest BCUT2D eigenvalue weighted by Gasteiger charge is -2.32. The number of ether oxygens (including phenoxy) is 1. The molecule has 0 radical (unpaired) electrons. The van der Waals surface area contributed by atoms with Crippen molar-refractivity contribution in [3.8, 4) is 0 Å². The minimum Gasteiger partial charge on any atom is -0.469 e. The average Bonchev–Trinajstić information content (AvgIpc) is 2.96. The maximum atomic E-state index is 13.3. The molecule has 1 N–H and O–H groups in total. The average molecular weight is 405 g/mol. The van der Waals surface area contributed by atoms with E-state index in [1.807, 2.05) is 0 Å². The number of rotatable bonds is 6. The molecule has 0 saturated carbocycles. The summed E-state index contributed by atoms with van der Waals surface area (Å²) in [6, 6.07) is 4.17. The zero-order valence-corrected chi connectivity index (χ0v) is 16.2. The number of urea groups is 1. The van der Waals surface area contributed by atoms with Gasteiger partial charge in [-0.1, -0.05) is 12.1 Å². The molecule has 4 amide bonds. The summed E-state index contributed by atoms with van der Waals surface area (Å²) in [6.45, 7) is 0.955. The summed E-state index contributed by atoms with van der Waals surface area (Å²) in [4.78, 5) is 51.3. The molecular weight excluding hydrogens is 381 g/mol. The van der Waals surface area contributed by atoms with Crippen molar-refractivity contribution in [1.29, 1.82) is 0 Å². The molecule has 2 heterocycles. The summed E-state index contributed by atoms with van der Waals surface area (Å²) in [5.41, 5.74) is 0.494. The molecule has 2 aliphatic heterocycles. The van der Waals surface area contributed by atoms with E-state index in [1.54, 1.807) is 11.0 Å². The van der Waals surface area contributed by atoms with Crippen molar-refractivity contribution in [3.05, 3.63) is 35.6 Å². The zero-order chi connectivity index (χ0) is 21.0. The van der Waals surface area contributed by atoms with Crippen LogP contribution in [0.3, 0.4) is 0 Å². The highest BCUT2D eigenvalue weighted by Crippen LogP contribution is 2.22. The van der Waals surface area contributed by atoms with Gasteiger partial charge in [0.2, 0.25) is 5.91 Å². The molecule has 2 fully saturated rings. The SMILES string of the molecule is COC(=O)CC1CCN(C(=O)CC2NC(=O)N(Cc3cccc(F)c3)C2=O)CC1. The second kappa shape index (κ2) is 9.02. The largest absolute Gasteiger partial charge is 0.469 e. The van der Waals surface area contributed by atoms with Crippen LogP contribution in [-0.4, -0.2) is 59.9 Å². The molecule has 156 valence electrons. The van der Waals surface area contributed by atoms with Crippen LogP contribution in [-0.2, 0) is 25.7 Å². The number of carbonyl (C=O) groups excluding carboxylic acids is 4. The fourth-order valence-corrected chi connectivity index (χ4v) is 3.69. The number of hydrogen-bond acceptors (Lipinski definition) is 5. The number of halogens is 1. The number of nitrogens with zero attached hydrogens (tertiary/aromatic N) is 2. The number of benzene rings is 1. The lowest BCUT2D eigenvalue weighted by Crippen LogP contribution is -2.43. The Bertz CT molecular complexity index is 807. The molecular formula is C20H24FN3O5. The van der Waals surface area contributed by atoms with Gasteiger partial charge in [0.1, 0.15) is 11.9 Å². The van der Waals surface area contributed by atoms with Crippen LogP contribution in [0.25, 0.3) is 0 Å². The highest BCUT2D eigenvalue weighted by atomic mass is 19.1. The topological polar surface area (TPSA) is 96.0 Å². The first kappa shape index (κ1) is 20.8. The highest BCUT2D eigenvalue weighted by Gasteiger charge is 2.40. The van der Waals surface area contributed by atoms with Crippen molar-refractivity contribution in [1.82, 2.24) is 15.1 Å². The van der Waals surface area contributed by atoms with Gasteiger partial charge in [0.05, 0.1) is 20.1 Å². The van der Waals surface area contributed by atoms with Crippen molar-refractivity contribution in [2.24, 2.45) is 5.92 Å². The van der Waals surface area contributed by atoms with Crippen LogP contribution in [0.4, 0.5) is 9.18 Å². The lowest BCUT2D eigenvalue weighted by atomic mass is 9.93. The van der Waals surface area contributed by atoms with E-state index in [-0.39, 0.29) is 30.8 Å². The first-order valence-corrected chi connectivity index (χ1v) is 9.58. The van der Waals surface area contributed by atoms with E-state index in [0.29, 0.717) is 37.9 Å². The van der Waals surface area contributed by atoms with Gasteiger partial charge < -0.3 is 15.0 Å². The fraction of sp³-hybridized carbons (Fsp3) is 0.500. The molecule has 2 saturated heterocycles. The van der Waals surface area contributed by atoms with Gasteiger partial charge in [-0.15, -0.1) is 0 Å². The monoisotopic (exact) mass is 405 g/mol. The number of imide groups is 1. The molecule has 2 aliphatic rings. The Morgan fingerprint density at radius 2 is 1.93 bits per heavy atom. The van der Waals surface area contributed by atoms with Crippen molar-refractivity contribution in [2.45, 2.75) is 38.3 Å². The summed E-state index contributed by atoms with van der Waals surface area (Å²) < 4.78 is 18.0. The third-order valence-corrected chi connectivity index (χ3v) is 5.37. The molecule has 0 bridgehead atoms. The molecule has 1 aromatic carbocycles. The Hall–Kier alpha value is -2.97. The predicted octanol–water partition coefficient (Wildman–Crippen LogP) is 1.44. The van der Waals surface area contributed by atoms with E-state index < -0.39 is 23.8 Å². The van der Waals surface area contributed by atoms with Gasteiger partial charge in [0.25, 0.3) is 5.91 Å². The molecule has 1 unspecified atom stereocenters. The maximum absolute atomic E-state index is 13.3. The summed E-state index contributed by atoms with van der Waals surface area (Å²) in [7, 11) is 1.35.